The largest absolute Gasteiger partial charge is 0.497 e. The van der Waals surface area contributed by atoms with Gasteiger partial charge < -0.3 is 19.2 Å². The lowest BCUT2D eigenvalue weighted by molar-refractivity contribution is 0.0465. The molecular formula is C20H19ClN2O5. The molecule has 0 unspecified atom stereocenters. The van der Waals surface area contributed by atoms with Gasteiger partial charge in [-0.1, -0.05) is 11.6 Å². The third kappa shape index (κ3) is 3.66. The summed E-state index contributed by atoms with van der Waals surface area (Å²) < 4.78 is 15.3. The van der Waals surface area contributed by atoms with Crippen LogP contribution < -0.4 is 4.74 Å². The summed E-state index contributed by atoms with van der Waals surface area (Å²) in [5.74, 6) is -0.432. The molecule has 146 valence electrons. The van der Waals surface area contributed by atoms with Crippen molar-refractivity contribution >= 4 is 34.4 Å². The monoisotopic (exact) mass is 402 g/mol. The van der Waals surface area contributed by atoms with Gasteiger partial charge in [-0.25, -0.2) is 14.6 Å². The minimum Gasteiger partial charge on any atom is -0.497 e. The molecule has 3 rings (SSSR count). The summed E-state index contributed by atoms with van der Waals surface area (Å²) in [6.07, 6.45) is 0. The summed E-state index contributed by atoms with van der Waals surface area (Å²) in [7, 11) is 2.86. The number of esters is 2. The molecule has 1 N–H and O–H groups in total. The molecule has 0 aliphatic heterocycles. The number of hydrogen-bond acceptors (Lipinski definition) is 6. The Labute approximate surface area is 166 Å². The lowest BCUT2D eigenvalue weighted by Gasteiger charge is -2.09. The van der Waals surface area contributed by atoms with Crippen LogP contribution in [-0.4, -0.2) is 36.1 Å². The van der Waals surface area contributed by atoms with Gasteiger partial charge in [-0.05, 0) is 37.6 Å². The van der Waals surface area contributed by atoms with Gasteiger partial charge in [-0.2, -0.15) is 0 Å². The van der Waals surface area contributed by atoms with Gasteiger partial charge in [0, 0.05) is 22.7 Å². The lowest BCUT2D eigenvalue weighted by Crippen LogP contribution is -2.09. The number of benzene rings is 1. The number of nitrogens with zero attached hydrogens (tertiary/aromatic N) is 1. The Hall–Kier alpha value is -3.06. The number of rotatable bonds is 5. The highest BCUT2D eigenvalue weighted by atomic mass is 35.5. The number of methoxy groups -OCH3 is 2. The topological polar surface area (TPSA) is 90.5 Å². The number of halogens is 1. The van der Waals surface area contributed by atoms with Crippen molar-refractivity contribution in [3.8, 4) is 5.75 Å². The maximum Gasteiger partial charge on any atom is 0.355 e. The second-order valence-electron chi connectivity index (χ2n) is 6.19. The number of aromatic amines is 1. The molecule has 2 aromatic heterocycles. The lowest BCUT2D eigenvalue weighted by atomic mass is 10.1. The Kier molecular flexibility index (Phi) is 5.56. The fourth-order valence-electron chi connectivity index (χ4n) is 2.97. The van der Waals surface area contributed by atoms with Gasteiger partial charge in [-0.3, -0.25) is 0 Å². The van der Waals surface area contributed by atoms with Crippen molar-refractivity contribution in [3.63, 3.8) is 0 Å². The quantitative estimate of drug-likeness (QED) is 0.512. The van der Waals surface area contributed by atoms with E-state index < -0.39 is 11.9 Å². The molecule has 0 bridgehead atoms. The highest BCUT2D eigenvalue weighted by Crippen LogP contribution is 2.25. The van der Waals surface area contributed by atoms with E-state index in [1.54, 1.807) is 27.0 Å². The predicted molar refractivity (Wildman–Crippen MR) is 104 cm³/mol. The van der Waals surface area contributed by atoms with E-state index in [2.05, 4.69) is 9.97 Å². The van der Waals surface area contributed by atoms with Crippen molar-refractivity contribution < 1.29 is 23.8 Å². The second kappa shape index (κ2) is 7.90. The van der Waals surface area contributed by atoms with Crippen LogP contribution in [0.5, 0.6) is 5.75 Å². The summed E-state index contributed by atoms with van der Waals surface area (Å²) in [6.45, 7) is 3.29. The molecule has 0 aliphatic rings. The van der Waals surface area contributed by atoms with Gasteiger partial charge >= 0.3 is 11.9 Å². The normalized spacial score (nSPS) is 10.8. The minimum atomic E-state index is -0.596. The van der Waals surface area contributed by atoms with Crippen LogP contribution in [-0.2, 0) is 16.1 Å². The molecule has 2 heterocycles. The number of ether oxygens (including phenoxy) is 3. The van der Waals surface area contributed by atoms with Crippen molar-refractivity contribution in [2.75, 3.05) is 14.2 Å². The highest BCUT2D eigenvalue weighted by molar-refractivity contribution is 6.30. The van der Waals surface area contributed by atoms with E-state index in [1.165, 1.54) is 7.11 Å². The summed E-state index contributed by atoms with van der Waals surface area (Å²) in [6, 6.07) is 7.25. The van der Waals surface area contributed by atoms with Gasteiger partial charge in [0.2, 0.25) is 0 Å². The Bertz CT molecular complexity index is 1070. The molecule has 8 heteroatoms. The standard InChI is InChI=1S/C20H19ClN2O5/c1-10-16(19(24)27-4)11(2)22-17(10)20(25)28-9-13-7-12-5-6-14(26-3)8-15(12)23-18(13)21/h5-8,22H,9H2,1-4H3. The SMILES string of the molecule is COC(=O)c1c(C)[nH]c(C(=O)OCc2cc3ccc(OC)cc3nc2Cl)c1C. The minimum absolute atomic E-state index is 0.0578. The molecule has 0 radical (unpaired) electrons. The van der Waals surface area contributed by atoms with Crippen LogP contribution >= 0.6 is 11.6 Å². The number of hydrogen-bond donors (Lipinski definition) is 1. The summed E-state index contributed by atoms with van der Waals surface area (Å²) >= 11 is 6.24. The van der Waals surface area contributed by atoms with E-state index in [-0.39, 0.29) is 17.5 Å². The van der Waals surface area contributed by atoms with E-state index in [0.717, 1.165) is 5.39 Å². The van der Waals surface area contributed by atoms with Crippen molar-refractivity contribution in [1.29, 1.82) is 0 Å². The number of pyridine rings is 1. The second-order valence-corrected chi connectivity index (χ2v) is 6.55. The Morgan fingerprint density at radius 3 is 2.57 bits per heavy atom. The Morgan fingerprint density at radius 1 is 1.14 bits per heavy atom. The number of carbonyl (C=O) groups excluding carboxylic acids is 2. The molecule has 0 amide bonds. The van der Waals surface area contributed by atoms with Crippen molar-refractivity contribution in [3.05, 3.63) is 57.5 Å². The number of fused-ring (bicyclic) bond motifs is 1. The molecule has 0 fully saturated rings. The van der Waals surface area contributed by atoms with Crippen LogP contribution in [0.3, 0.4) is 0 Å². The van der Waals surface area contributed by atoms with E-state index in [9.17, 15) is 9.59 Å². The smallest absolute Gasteiger partial charge is 0.355 e. The molecule has 0 spiro atoms. The average molecular weight is 403 g/mol. The van der Waals surface area contributed by atoms with Crippen LogP contribution in [0.15, 0.2) is 24.3 Å². The Morgan fingerprint density at radius 2 is 1.89 bits per heavy atom. The number of aromatic nitrogens is 2. The van der Waals surface area contributed by atoms with Crippen molar-refractivity contribution in [1.82, 2.24) is 9.97 Å². The molecule has 0 saturated heterocycles. The van der Waals surface area contributed by atoms with Gasteiger partial charge in [0.25, 0.3) is 0 Å². The van der Waals surface area contributed by atoms with Gasteiger partial charge in [-0.15, -0.1) is 0 Å². The van der Waals surface area contributed by atoms with Crippen molar-refractivity contribution in [2.24, 2.45) is 0 Å². The third-order valence-electron chi connectivity index (χ3n) is 4.44. The first-order valence-electron chi connectivity index (χ1n) is 8.43. The van der Waals surface area contributed by atoms with Crippen molar-refractivity contribution in [2.45, 2.75) is 20.5 Å². The average Bonchev–Trinajstić information content (AvgIpc) is 2.99. The summed E-state index contributed by atoms with van der Waals surface area (Å²) in [4.78, 5) is 31.6. The first-order valence-corrected chi connectivity index (χ1v) is 8.81. The highest BCUT2D eigenvalue weighted by Gasteiger charge is 2.23. The van der Waals surface area contributed by atoms with Crippen LogP contribution in [0, 0.1) is 13.8 Å². The Balaban J connectivity index is 1.81. The van der Waals surface area contributed by atoms with E-state index in [4.69, 9.17) is 25.8 Å². The number of aryl methyl sites for hydroxylation is 1. The fourth-order valence-corrected chi connectivity index (χ4v) is 3.17. The van der Waals surface area contributed by atoms with Gasteiger partial charge in [0.15, 0.2) is 0 Å². The first-order chi connectivity index (χ1) is 13.3. The van der Waals surface area contributed by atoms with Gasteiger partial charge in [0.05, 0.1) is 25.3 Å². The maximum atomic E-state index is 12.5. The summed E-state index contributed by atoms with van der Waals surface area (Å²) in [5.41, 5.74) is 2.79. The molecule has 1 aromatic carbocycles. The van der Waals surface area contributed by atoms with Crippen LogP contribution in [0.4, 0.5) is 0 Å². The number of carbonyl (C=O) groups is 2. The summed E-state index contributed by atoms with van der Waals surface area (Å²) in [5, 5.41) is 1.08. The van der Waals surface area contributed by atoms with E-state index in [0.29, 0.717) is 33.7 Å². The molecular weight excluding hydrogens is 384 g/mol. The fraction of sp³-hybridized carbons (Fsp3) is 0.250. The third-order valence-corrected chi connectivity index (χ3v) is 4.77. The molecule has 0 saturated carbocycles. The number of H-pyrrole nitrogens is 1. The zero-order valence-electron chi connectivity index (χ0n) is 15.9. The van der Waals surface area contributed by atoms with Crippen LogP contribution in [0.25, 0.3) is 10.9 Å². The molecule has 28 heavy (non-hydrogen) atoms. The van der Waals surface area contributed by atoms with E-state index >= 15 is 0 Å². The zero-order valence-corrected chi connectivity index (χ0v) is 16.6. The molecule has 0 atom stereocenters. The zero-order chi connectivity index (χ0) is 20.4. The van der Waals surface area contributed by atoms with Gasteiger partial charge in [0.1, 0.15) is 23.2 Å². The first kappa shape index (κ1) is 19.7. The van der Waals surface area contributed by atoms with Crippen LogP contribution in [0.2, 0.25) is 5.15 Å². The predicted octanol–water partition coefficient (Wildman–Crippen LogP) is 3.99. The number of nitrogens with one attached hydrogen (secondary N) is 1. The molecule has 7 nitrogen and oxygen atoms in total. The maximum absolute atomic E-state index is 12.5. The van der Waals surface area contributed by atoms with E-state index in [1.807, 2.05) is 18.2 Å². The van der Waals surface area contributed by atoms with Crippen LogP contribution in [0.1, 0.15) is 37.7 Å². The molecule has 0 aliphatic carbocycles. The molecule has 3 aromatic rings.